The van der Waals surface area contributed by atoms with Crippen LogP contribution >= 0.6 is 0 Å². The van der Waals surface area contributed by atoms with E-state index in [1.165, 1.54) is 32.1 Å². The average molecular weight is 413 g/mol. The predicted octanol–water partition coefficient (Wildman–Crippen LogP) is 3.04. The second-order valence-electron chi connectivity index (χ2n) is 9.40. The zero-order valence-corrected chi connectivity index (χ0v) is 18.4. The third-order valence-corrected chi connectivity index (χ3v) is 7.22. The zero-order chi connectivity index (χ0) is 20.9. The molecule has 3 aliphatic rings. The van der Waals surface area contributed by atoms with Crippen LogP contribution in [0, 0.1) is 5.92 Å². The molecule has 164 valence electrons. The minimum atomic E-state index is 0.167. The van der Waals surface area contributed by atoms with Crippen LogP contribution in [0.1, 0.15) is 74.6 Å². The van der Waals surface area contributed by atoms with E-state index in [4.69, 9.17) is 0 Å². The van der Waals surface area contributed by atoms with Crippen LogP contribution in [0.5, 0.6) is 0 Å². The summed E-state index contributed by atoms with van der Waals surface area (Å²) in [4.78, 5) is 34.3. The summed E-state index contributed by atoms with van der Waals surface area (Å²) < 4.78 is 0. The molecule has 6 heteroatoms. The molecular weight excluding hydrogens is 376 g/mol. The van der Waals surface area contributed by atoms with Gasteiger partial charge >= 0.3 is 0 Å². The van der Waals surface area contributed by atoms with Gasteiger partial charge in [-0.2, -0.15) is 0 Å². The monoisotopic (exact) mass is 412 g/mol. The highest BCUT2D eigenvalue weighted by Gasteiger charge is 2.28. The molecule has 1 aromatic rings. The first-order valence-electron chi connectivity index (χ1n) is 11.8. The molecule has 1 unspecified atom stereocenters. The Morgan fingerprint density at radius 3 is 2.63 bits per heavy atom. The Hall–Kier alpha value is -1.95. The Morgan fingerprint density at radius 1 is 1.10 bits per heavy atom. The number of aromatic nitrogens is 1. The quantitative estimate of drug-likeness (QED) is 0.755. The van der Waals surface area contributed by atoms with E-state index in [9.17, 15) is 9.59 Å². The van der Waals surface area contributed by atoms with Gasteiger partial charge in [0.25, 0.3) is 0 Å². The highest BCUT2D eigenvalue weighted by Crippen LogP contribution is 2.24. The first-order chi connectivity index (χ1) is 14.6. The second-order valence-corrected chi connectivity index (χ2v) is 9.40. The van der Waals surface area contributed by atoms with Gasteiger partial charge in [-0.1, -0.05) is 25.7 Å². The lowest BCUT2D eigenvalue weighted by Gasteiger charge is -2.30. The van der Waals surface area contributed by atoms with E-state index in [1.54, 1.807) is 0 Å². The molecule has 1 aromatic heterocycles. The lowest BCUT2D eigenvalue weighted by molar-refractivity contribution is -0.133. The molecule has 0 bridgehead atoms. The summed E-state index contributed by atoms with van der Waals surface area (Å²) in [6.07, 6.45) is 12.5. The number of hydrogen-bond donors (Lipinski definition) is 1. The molecule has 2 aliphatic heterocycles. The Morgan fingerprint density at radius 2 is 1.90 bits per heavy atom. The van der Waals surface area contributed by atoms with E-state index in [0.717, 1.165) is 55.6 Å². The average Bonchev–Trinajstić information content (AvgIpc) is 2.99. The summed E-state index contributed by atoms with van der Waals surface area (Å²) in [6.45, 7) is 3.02. The molecule has 2 amide bonds. The van der Waals surface area contributed by atoms with Gasteiger partial charge in [-0.3, -0.25) is 14.6 Å². The maximum absolute atomic E-state index is 12.8. The number of carbonyl (C=O) groups excluding carboxylic acids is 2. The Balaban J connectivity index is 1.32. The summed E-state index contributed by atoms with van der Waals surface area (Å²) in [7, 11) is 2.12. The van der Waals surface area contributed by atoms with Gasteiger partial charge < -0.3 is 15.1 Å². The molecule has 0 aromatic carbocycles. The van der Waals surface area contributed by atoms with E-state index in [1.807, 2.05) is 11.1 Å². The molecule has 0 spiro atoms. The van der Waals surface area contributed by atoms with Gasteiger partial charge in [0.15, 0.2) is 0 Å². The summed E-state index contributed by atoms with van der Waals surface area (Å²) in [5.41, 5.74) is 3.26. The van der Waals surface area contributed by atoms with Gasteiger partial charge in [0, 0.05) is 56.3 Å². The van der Waals surface area contributed by atoms with Crippen LogP contribution in [0.25, 0.3) is 0 Å². The molecule has 1 saturated heterocycles. The molecule has 30 heavy (non-hydrogen) atoms. The summed E-state index contributed by atoms with van der Waals surface area (Å²) in [5, 5.41) is 3.13. The van der Waals surface area contributed by atoms with Crippen molar-refractivity contribution in [3.8, 4) is 0 Å². The van der Waals surface area contributed by atoms with Crippen LogP contribution in [0.2, 0.25) is 0 Å². The third-order valence-electron chi connectivity index (χ3n) is 7.22. The molecule has 3 heterocycles. The maximum Gasteiger partial charge on any atom is 0.224 e. The van der Waals surface area contributed by atoms with Crippen LogP contribution in [0.4, 0.5) is 0 Å². The van der Waals surface area contributed by atoms with Crippen molar-refractivity contribution in [1.29, 1.82) is 0 Å². The normalized spacial score (nSPS) is 23.1. The van der Waals surface area contributed by atoms with E-state index in [-0.39, 0.29) is 17.7 Å². The number of hydrogen-bond acceptors (Lipinski definition) is 4. The fraction of sp³-hybridized carbons (Fsp3) is 0.708. The Bertz CT molecular complexity index is 758. The third kappa shape index (κ3) is 5.20. The zero-order valence-electron chi connectivity index (χ0n) is 18.4. The topological polar surface area (TPSA) is 65.5 Å². The maximum atomic E-state index is 12.8. The van der Waals surface area contributed by atoms with Crippen molar-refractivity contribution in [2.75, 3.05) is 20.1 Å². The van der Waals surface area contributed by atoms with Gasteiger partial charge in [-0.05, 0) is 56.5 Å². The van der Waals surface area contributed by atoms with Crippen molar-refractivity contribution in [2.24, 2.45) is 5.92 Å². The number of amides is 2. The number of fused-ring (bicyclic) bond motifs is 1. The van der Waals surface area contributed by atoms with Crippen molar-refractivity contribution in [1.82, 2.24) is 20.1 Å². The highest BCUT2D eigenvalue weighted by atomic mass is 16.2. The predicted molar refractivity (Wildman–Crippen MR) is 117 cm³/mol. The number of carbonyl (C=O) groups is 2. The van der Waals surface area contributed by atoms with Crippen LogP contribution < -0.4 is 5.32 Å². The van der Waals surface area contributed by atoms with E-state index in [0.29, 0.717) is 25.6 Å². The molecule has 4 rings (SSSR count). The Kier molecular flexibility index (Phi) is 7.03. The van der Waals surface area contributed by atoms with E-state index >= 15 is 0 Å². The summed E-state index contributed by atoms with van der Waals surface area (Å²) >= 11 is 0. The standard InChI is InChI=1S/C24H36N4O2/c1-27-11-6-9-21(27)14-23(29)28-12-10-22-20(17-28)13-18(15-25-22)16-26-24(30)19-7-4-2-3-5-8-19/h13,15,19,21H,2-12,14,16-17H2,1H3,(H,26,30). The van der Waals surface area contributed by atoms with Crippen molar-refractivity contribution in [3.05, 3.63) is 29.1 Å². The minimum absolute atomic E-state index is 0.167. The molecule has 6 nitrogen and oxygen atoms in total. The fourth-order valence-electron chi connectivity index (χ4n) is 5.23. The van der Waals surface area contributed by atoms with Gasteiger partial charge in [0.2, 0.25) is 11.8 Å². The minimum Gasteiger partial charge on any atom is -0.352 e. The van der Waals surface area contributed by atoms with E-state index < -0.39 is 0 Å². The largest absolute Gasteiger partial charge is 0.352 e. The van der Waals surface area contributed by atoms with Crippen molar-refractivity contribution in [2.45, 2.75) is 83.3 Å². The Labute approximate surface area is 180 Å². The van der Waals surface area contributed by atoms with Gasteiger partial charge in [-0.25, -0.2) is 0 Å². The molecular formula is C24H36N4O2. The molecule has 2 fully saturated rings. The summed E-state index contributed by atoms with van der Waals surface area (Å²) in [5.74, 6) is 0.610. The van der Waals surface area contributed by atoms with Crippen LogP contribution in [-0.2, 0) is 29.1 Å². The molecule has 1 saturated carbocycles. The van der Waals surface area contributed by atoms with Gasteiger partial charge in [0.05, 0.1) is 0 Å². The lowest BCUT2D eigenvalue weighted by atomic mass is 9.99. The summed E-state index contributed by atoms with van der Waals surface area (Å²) in [6, 6.07) is 2.53. The number of pyridine rings is 1. The molecule has 1 aliphatic carbocycles. The number of likely N-dealkylation sites (tertiary alicyclic amines) is 1. The first kappa shape index (κ1) is 21.3. The smallest absolute Gasteiger partial charge is 0.224 e. The van der Waals surface area contributed by atoms with Crippen molar-refractivity contribution < 1.29 is 9.59 Å². The van der Waals surface area contributed by atoms with Crippen molar-refractivity contribution >= 4 is 11.8 Å². The van der Waals surface area contributed by atoms with Crippen LogP contribution in [0.3, 0.4) is 0 Å². The first-order valence-corrected chi connectivity index (χ1v) is 11.8. The van der Waals surface area contributed by atoms with Crippen LogP contribution in [0.15, 0.2) is 12.3 Å². The van der Waals surface area contributed by atoms with E-state index in [2.05, 4.69) is 28.3 Å². The molecule has 1 atom stereocenters. The second kappa shape index (κ2) is 9.90. The highest BCUT2D eigenvalue weighted by molar-refractivity contribution is 5.78. The molecule has 1 N–H and O–H groups in total. The SMILES string of the molecule is CN1CCCC1CC(=O)N1CCc2ncc(CNC(=O)C3CCCCCC3)cc2C1. The van der Waals surface area contributed by atoms with Gasteiger partial charge in [0.1, 0.15) is 0 Å². The number of nitrogens with one attached hydrogen (secondary N) is 1. The lowest BCUT2D eigenvalue weighted by Crippen LogP contribution is -2.39. The van der Waals surface area contributed by atoms with Crippen molar-refractivity contribution in [3.63, 3.8) is 0 Å². The fourth-order valence-corrected chi connectivity index (χ4v) is 5.23. The van der Waals surface area contributed by atoms with Crippen LogP contribution in [-0.4, -0.2) is 52.8 Å². The van der Waals surface area contributed by atoms with Gasteiger partial charge in [-0.15, -0.1) is 0 Å². The number of nitrogens with zero attached hydrogens (tertiary/aromatic N) is 3. The number of rotatable bonds is 5. The molecule has 0 radical (unpaired) electrons.